The molecule has 0 bridgehead atoms. The first-order valence-corrected chi connectivity index (χ1v) is 7.88. The van der Waals surface area contributed by atoms with Crippen LogP contribution in [0.1, 0.15) is 15.4 Å². The fourth-order valence-electron chi connectivity index (χ4n) is 1.92. The minimum Gasteiger partial charge on any atom is -0.405 e. The summed E-state index contributed by atoms with van der Waals surface area (Å²) in [6.45, 7) is 2.59. The summed E-state index contributed by atoms with van der Waals surface area (Å²) >= 11 is 1.56. The molecule has 0 atom stereocenters. The number of halogens is 4. The molecule has 0 radical (unpaired) electrons. The quantitative estimate of drug-likeness (QED) is 0.383. The number of aromatic nitrogens is 1. The lowest BCUT2D eigenvalue weighted by molar-refractivity contribution is -0.274. The number of thiazole rings is 1. The third kappa shape index (κ3) is 7.46. The van der Waals surface area contributed by atoms with Crippen LogP contribution < -0.4 is 15.4 Å². The summed E-state index contributed by atoms with van der Waals surface area (Å²) in [7, 11) is 1.58. The van der Waals surface area contributed by atoms with Crippen LogP contribution in [0.25, 0.3) is 0 Å². The largest absolute Gasteiger partial charge is 0.573 e. The smallest absolute Gasteiger partial charge is 0.405 e. The van der Waals surface area contributed by atoms with Crippen molar-refractivity contribution in [2.75, 3.05) is 7.05 Å². The third-order valence-electron chi connectivity index (χ3n) is 2.94. The van der Waals surface area contributed by atoms with E-state index in [-0.39, 0.29) is 36.3 Å². The predicted octanol–water partition coefficient (Wildman–Crippen LogP) is 3.83. The first kappa shape index (κ1) is 21.5. The molecule has 0 fully saturated rings. The van der Waals surface area contributed by atoms with Gasteiger partial charge >= 0.3 is 6.36 Å². The summed E-state index contributed by atoms with van der Waals surface area (Å²) in [5, 5.41) is 6.92. The monoisotopic (exact) mass is 486 g/mol. The molecule has 1 aromatic carbocycles. The SMILES string of the molecule is CN=C(NCc1ncc(C)s1)NCc1ccccc1OC(F)(F)F.I. The van der Waals surface area contributed by atoms with E-state index in [1.54, 1.807) is 36.7 Å². The Morgan fingerprint density at radius 1 is 1.24 bits per heavy atom. The number of guanidine groups is 1. The van der Waals surface area contributed by atoms with Crippen LogP contribution in [-0.4, -0.2) is 24.4 Å². The Balaban J connectivity index is 0.00000312. The van der Waals surface area contributed by atoms with E-state index in [1.807, 2.05) is 6.92 Å². The number of aryl methyl sites for hydroxylation is 1. The summed E-state index contributed by atoms with van der Waals surface area (Å²) in [4.78, 5) is 9.37. The summed E-state index contributed by atoms with van der Waals surface area (Å²) < 4.78 is 41.3. The van der Waals surface area contributed by atoms with E-state index in [0.717, 1.165) is 9.88 Å². The Hall–Kier alpha value is -1.56. The molecule has 2 rings (SSSR count). The van der Waals surface area contributed by atoms with Gasteiger partial charge < -0.3 is 15.4 Å². The predicted molar refractivity (Wildman–Crippen MR) is 102 cm³/mol. The van der Waals surface area contributed by atoms with Gasteiger partial charge in [-0.2, -0.15) is 0 Å². The van der Waals surface area contributed by atoms with Crippen molar-refractivity contribution in [2.24, 2.45) is 4.99 Å². The highest BCUT2D eigenvalue weighted by Crippen LogP contribution is 2.26. The van der Waals surface area contributed by atoms with E-state index in [4.69, 9.17) is 0 Å². The zero-order chi connectivity index (χ0) is 17.6. The van der Waals surface area contributed by atoms with Crippen molar-refractivity contribution in [3.8, 4) is 5.75 Å². The highest BCUT2D eigenvalue weighted by molar-refractivity contribution is 14.0. The first-order valence-electron chi connectivity index (χ1n) is 7.07. The number of para-hydroxylation sites is 1. The standard InChI is InChI=1S/C15H17F3N4OS.HI/c1-10-7-20-13(24-10)9-22-14(19-2)21-8-11-5-3-4-6-12(11)23-15(16,17)18;/h3-7H,8-9H2,1-2H3,(H2,19,21,22);1H. The van der Waals surface area contributed by atoms with E-state index in [0.29, 0.717) is 18.1 Å². The van der Waals surface area contributed by atoms with Gasteiger partial charge in [0, 0.05) is 30.2 Å². The molecule has 0 saturated heterocycles. The van der Waals surface area contributed by atoms with Gasteiger partial charge in [-0.25, -0.2) is 4.98 Å². The number of nitrogens with zero attached hydrogens (tertiary/aromatic N) is 2. The van der Waals surface area contributed by atoms with Gasteiger partial charge in [0.05, 0.1) is 6.54 Å². The zero-order valence-electron chi connectivity index (χ0n) is 13.6. The van der Waals surface area contributed by atoms with Crippen molar-refractivity contribution in [3.05, 3.63) is 45.9 Å². The van der Waals surface area contributed by atoms with Crippen LogP contribution in [0.3, 0.4) is 0 Å². The minimum atomic E-state index is -4.72. The van der Waals surface area contributed by atoms with Crippen LogP contribution in [0, 0.1) is 6.92 Å². The number of hydrogen-bond acceptors (Lipinski definition) is 4. The maximum atomic E-state index is 12.4. The molecule has 0 aliphatic heterocycles. The van der Waals surface area contributed by atoms with Gasteiger partial charge in [-0.15, -0.1) is 48.5 Å². The van der Waals surface area contributed by atoms with Gasteiger partial charge in [-0.3, -0.25) is 4.99 Å². The molecule has 0 amide bonds. The van der Waals surface area contributed by atoms with Crippen LogP contribution in [0.15, 0.2) is 35.5 Å². The molecule has 1 aromatic heterocycles. The molecular formula is C15H18F3IN4OS. The molecule has 2 N–H and O–H groups in total. The van der Waals surface area contributed by atoms with Crippen LogP contribution in [0.4, 0.5) is 13.2 Å². The summed E-state index contributed by atoms with van der Waals surface area (Å²) in [5.41, 5.74) is 0.378. The van der Waals surface area contributed by atoms with E-state index < -0.39 is 6.36 Å². The highest BCUT2D eigenvalue weighted by atomic mass is 127. The van der Waals surface area contributed by atoms with Gasteiger partial charge in [-0.05, 0) is 13.0 Å². The molecule has 0 aliphatic rings. The Morgan fingerprint density at radius 3 is 2.52 bits per heavy atom. The summed E-state index contributed by atoms with van der Waals surface area (Å²) in [6, 6.07) is 5.97. The number of aliphatic imine (C=N–C) groups is 1. The minimum absolute atomic E-state index is 0. The topological polar surface area (TPSA) is 58.5 Å². The lowest BCUT2D eigenvalue weighted by Crippen LogP contribution is -2.36. The molecule has 0 saturated carbocycles. The van der Waals surface area contributed by atoms with Crippen molar-refractivity contribution in [1.82, 2.24) is 15.6 Å². The average molecular weight is 486 g/mol. The Bertz CT molecular complexity index is 706. The number of nitrogens with one attached hydrogen (secondary N) is 2. The molecule has 2 aromatic rings. The Kier molecular flexibility index (Phi) is 8.42. The van der Waals surface area contributed by atoms with Gasteiger partial charge in [-0.1, -0.05) is 18.2 Å². The van der Waals surface area contributed by atoms with Crippen LogP contribution in [0.5, 0.6) is 5.75 Å². The lowest BCUT2D eigenvalue weighted by atomic mass is 10.2. The second-order valence-electron chi connectivity index (χ2n) is 4.80. The Morgan fingerprint density at radius 2 is 1.92 bits per heavy atom. The van der Waals surface area contributed by atoms with Gasteiger partial charge in [0.1, 0.15) is 10.8 Å². The molecule has 5 nitrogen and oxygen atoms in total. The molecular weight excluding hydrogens is 468 g/mol. The molecule has 0 spiro atoms. The van der Waals surface area contributed by atoms with E-state index >= 15 is 0 Å². The fourth-order valence-corrected chi connectivity index (χ4v) is 2.64. The number of ether oxygens (including phenoxy) is 1. The van der Waals surface area contributed by atoms with Gasteiger partial charge in [0.15, 0.2) is 5.96 Å². The Labute approximate surface area is 164 Å². The number of alkyl halides is 3. The first-order chi connectivity index (χ1) is 11.4. The average Bonchev–Trinajstić information content (AvgIpc) is 2.93. The van der Waals surface area contributed by atoms with E-state index in [9.17, 15) is 13.2 Å². The fraction of sp³-hybridized carbons (Fsp3) is 0.333. The van der Waals surface area contributed by atoms with Crippen molar-refractivity contribution >= 4 is 41.3 Å². The molecule has 25 heavy (non-hydrogen) atoms. The zero-order valence-corrected chi connectivity index (χ0v) is 16.7. The van der Waals surface area contributed by atoms with Crippen molar-refractivity contribution in [1.29, 1.82) is 0 Å². The highest BCUT2D eigenvalue weighted by Gasteiger charge is 2.31. The number of rotatable bonds is 5. The van der Waals surface area contributed by atoms with E-state index in [1.165, 1.54) is 12.1 Å². The van der Waals surface area contributed by atoms with Gasteiger partial charge in [0.2, 0.25) is 0 Å². The normalized spacial score (nSPS) is 11.6. The summed E-state index contributed by atoms with van der Waals surface area (Å²) in [6.07, 6.45) is -2.94. The second kappa shape index (κ2) is 9.80. The summed E-state index contributed by atoms with van der Waals surface area (Å²) in [5.74, 6) is 0.230. The maximum absolute atomic E-state index is 12.4. The third-order valence-corrected chi connectivity index (χ3v) is 3.86. The second-order valence-corrected chi connectivity index (χ2v) is 6.12. The van der Waals surface area contributed by atoms with Crippen LogP contribution >= 0.6 is 35.3 Å². The maximum Gasteiger partial charge on any atom is 0.573 e. The molecule has 1 heterocycles. The van der Waals surface area contributed by atoms with E-state index in [2.05, 4.69) is 25.3 Å². The van der Waals surface area contributed by atoms with Crippen LogP contribution in [-0.2, 0) is 13.1 Å². The molecule has 0 unspecified atom stereocenters. The van der Waals surface area contributed by atoms with Gasteiger partial charge in [0.25, 0.3) is 0 Å². The van der Waals surface area contributed by atoms with Crippen molar-refractivity contribution < 1.29 is 17.9 Å². The number of hydrogen-bond donors (Lipinski definition) is 2. The van der Waals surface area contributed by atoms with Crippen molar-refractivity contribution in [3.63, 3.8) is 0 Å². The lowest BCUT2D eigenvalue weighted by Gasteiger charge is -2.15. The number of benzene rings is 1. The molecule has 10 heteroatoms. The molecule has 138 valence electrons. The van der Waals surface area contributed by atoms with Crippen LogP contribution in [0.2, 0.25) is 0 Å². The molecule has 0 aliphatic carbocycles. The van der Waals surface area contributed by atoms with Crippen molar-refractivity contribution in [2.45, 2.75) is 26.4 Å².